The van der Waals surface area contributed by atoms with Crippen LogP contribution in [0, 0.1) is 0 Å². The monoisotopic (exact) mass is 193 g/mol. The van der Waals surface area contributed by atoms with Gasteiger partial charge in [-0.2, -0.15) is 0 Å². The molecule has 0 unspecified atom stereocenters. The smallest absolute Gasteiger partial charge is 0.166 e. The summed E-state index contributed by atoms with van der Waals surface area (Å²) >= 11 is 0. The summed E-state index contributed by atoms with van der Waals surface area (Å²) in [7, 11) is 2.97. The summed E-state index contributed by atoms with van der Waals surface area (Å²) in [5.41, 5.74) is 4.61. The first-order valence-corrected chi connectivity index (χ1v) is 4.06. The minimum Gasteiger partial charge on any atom is -0.394 e. The van der Waals surface area contributed by atoms with Gasteiger partial charge >= 0.3 is 0 Å². The lowest BCUT2D eigenvalue weighted by Gasteiger charge is -2.35. The number of ether oxygens (including phenoxy) is 2. The molecular formula is C8H19NO4. The van der Waals surface area contributed by atoms with E-state index in [1.807, 2.05) is 0 Å². The summed E-state index contributed by atoms with van der Waals surface area (Å²) in [4.78, 5) is 0. The predicted octanol–water partition coefficient (Wildman–Crippen LogP) is -0.932. The van der Waals surface area contributed by atoms with Gasteiger partial charge in [0.2, 0.25) is 0 Å². The molecule has 0 aromatic carbocycles. The van der Waals surface area contributed by atoms with Crippen LogP contribution in [0.3, 0.4) is 0 Å². The van der Waals surface area contributed by atoms with Gasteiger partial charge in [-0.15, -0.1) is 0 Å². The summed E-state index contributed by atoms with van der Waals surface area (Å²) in [5, 5.41) is 17.9. The Morgan fingerprint density at radius 1 is 1.15 bits per heavy atom. The second kappa shape index (κ2) is 4.88. The van der Waals surface area contributed by atoms with E-state index in [1.54, 1.807) is 6.92 Å². The Kier molecular flexibility index (Phi) is 4.80. The first-order valence-electron chi connectivity index (χ1n) is 4.06. The Labute approximate surface area is 78.4 Å². The molecule has 0 aromatic rings. The third-order valence-corrected chi connectivity index (χ3v) is 2.17. The maximum absolute atomic E-state index is 8.94. The van der Waals surface area contributed by atoms with Crippen molar-refractivity contribution in [2.75, 3.05) is 27.4 Å². The van der Waals surface area contributed by atoms with Crippen molar-refractivity contribution in [3.8, 4) is 0 Å². The van der Waals surface area contributed by atoms with E-state index < -0.39 is 11.3 Å². The molecule has 0 saturated heterocycles. The molecule has 80 valence electrons. The van der Waals surface area contributed by atoms with E-state index in [2.05, 4.69) is 0 Å². The van der Waals surface area contributed by atoms with E-state index in [9.17, 15) is 0 Å². The summed E-state index contributed by atoms with van der Waals surface area (Å²) in [5.74, 6) is -0.875. The van der Waals surface area contributed by atoms with E-state index in [-0.39, 0.29) is 19.6 Å². The van der Waals surface area contributed by atoms with Gasteiger partial charge in [-0.25, -0.2) is 0 Å². The molecule has 0 aromatic heterocycles. The third-order valence-electron chi connectivity index (χ3n) is 2.17. The molecule has 0 bridgehead atoms. The summed E-state index contributed by atoms with van der Waals surface area (Å²) in [6.07, 6.45) is 0.222. The molecule has 5 nitrogen and oxygen atoms in total. The molecule has 0 radical (unpaired) electrons. The number of methoxy groups -OCH3 is 2. The minimum absolute atomic E-state index is 0.222. The van der Waals surface area contributed by atoms with Crippen LogP contribution >= 0.6 is 0 Å². The van der Waals surface area contributed by atoms with Gasteiger partial charge in [-0.1, -0.05) is 0 Å². The highest BCUT2D eigenvalue weighted by Gasteiger charge is 2.35. The van der Waals surface area contributed by atoms with E-state index in [0.717, 1.165) is 0 Å². The predicted molar refractivity (Wildman–Crippen MR) is 48.1 cm³/mol. The highest BCUT2D eigenvalue weighted by atomic mass is 16.7. The van der Waals surface area contributed by atoms with Gasteiger partial charge in [-0.3, -0.25) is 0 Å². The quantitative estimate of drug-likeness (QED) is 0.474. The van der Waals surface area contributed by atoms with Gasteiger partial charge in [0, 0.05) is 20.6 Å². The van der Waals surface area contributed by atoms with Crippen LogP contribution in [0.4, 0.5) is 0 Å². The van der Waals surface area contributed by atoms with E-state index in [4.69, 9.17) is 25.4 Å². The maximum Gasteiger partial charge on any atom is 0.166 e. The fourth-order valence-electron chi connectivity index (χ4n) is 1.03. The van der Waals surface area contributed by atoms with Crippen LogP contribution < -0.4 is 5.73 Å². The van der Waals surface area contributed by atoms with E-state index >= 15 is 0 Å². The van der Waals surface area contributed by atoms with Gasteiger partial charge in [-0.05, 0) is 6.92 Å². The van der Waals surface area contributed by atoms with Crippen LogP contribution in [-0.4, -0.2) is 49.0 Å². The van der Waals surface area contributed by atoms with Crippen molar-refractivity contribution in [1.82, 2.24) is 0 Å². The highest BCUT2D eigenvalue weighted by Crippen LogP contribution is 2.22. The molecule has 13 heavy (non-hydrogen) atoms. The third kappa shape index (κ3) is 3.58. The summed E-state index contributed by atoms with van der Waals surface area (Å²) in [6.45, 7) is 1.07. The fourth-order valence-corrected chi connectivity index (χ4v) is 1.03. The zero-order chi connectivity index (χ0) is 10.5. The lowest BCUT2D eigenvalue weighted by molar-refractivity contribution is -0.209. The second-order valence-electron chi connectivity index (χ2n) is 3.40. The molecule has 0 saturated carbocycles. The number of aliphatic hydroxyl groups excluding tert-OH is 2. The Hall–Kier alpha value is -0.200. The molecule has 0 atom stereocenters. The number of nitrogens with two attached hydrogens (primary N) is 1. The highest BCUT2D eigenvalue weighted by molar-refractivity contribution is 4.87. The molecule has 0 aliphatic carbocycles. The number of rotatable bonds is 6. The zero-order valence-electron chi connectivity index (χ0n) is 8.41. The number of hydrogen-bond donors (Lipinski definition) is 3. The Bertz CT molecular complexity index is 127. The lowest BCUT2D eigenvalue weighted by Crippen LogP contribution is -2.53. The molecule has 0 heterocycles. The number of aliphatic hydroxyl groups is 2. The van der Waals surface area contributed by atoms with Crippen molar-refractivity contribution >= 4 is 0 Å². The van der Waals surface area contributed by atoms with Crippen molar-refractivity contribution in [1.29, 1.82) is 0 Å². The van der Waals surface area contributed by atoms with Crippen LogP contribution in [0.25, 0.3) is 0 Å². The normalized spacial score (nSPS) is 13.4. The van der Waals surface area contributed by atoms with E-state index in [1.165, 1.54) is 14.2 Å². The Morgan fingerprint density at radius 3 is 1.77 bits per heavy atom. The van der Waals surface area contributed by atoms with Crippen LogP contribution in [0.15, 0.2) is 0 Å². The first kappa shape index (κ1) is 12.8. The molecule has 4 N–H and O–H groups in total. The molecule has 0 spiro atoms. The van der Waals surface area contributed by atoms with Crippen molar-refractivity contribution < 1.29 is 19.7 Å². The zero-order valence-corrected chi connectivity index (χ0v) is 8.41. The molecule has 0 rings (SSSR count). The molecule has 0 aliphatic rings. The molecular weight excluding hydrogens is 174 g/mol. The second-order valence-corrected chi connectivity index (χ2v) is 3.40. The van der Waals surface area contributed by atoms with Gasteiger partial charge in [0.05, 0.1) is 18.8 Å². The van der Waals surface area contributed by atoms with Crippen molar-refractivity contribution in [3.63, 3.8) is 0 Å². The fraction of sp³-hybridized carbons (Fsp3) is 1.00. The van der Waals surface area contributed by atoms with Crippen LogP contribution in [0.5, 0.6) is 0 Å². The summed E-state index contributed by atoms with van der Waals surface area (Å²) in [6, 6.07) is 0. The van der Waals surface area contributed by atoms with Crippen molar-refractivity contribution in [3.05, 3.63) is 0 Å². The van der Waals surface area contributed by atoms with Gasteiger partial charge in [0.15, 0.2) is 5.79 Å². The first-order chi connectivity index (χ1) is 5.95. The molecule has 5 heteroatoms. The van der Waals surface area contributed by atoms with Crippen molar-refractivity contribution in [2.24, 2.45) is 5.73 Å². The standard InChI is InChI=1S/C8H19NO4/c1-7(12-2,13-3)4-8(9,5-10)6-11/h10-11H,4-6,9H2,1-3H3. The molecule has 0 aliphatic heterocycles. The van der Waals surface area contributed by atoms with Gasteiger partial charge < -0.3 is 25.4 Å². The minimum atomic E-state index is -1.07. The lowest BCUT2D eigenvalue weighted by atomic mass is 9.93. The maximum atomic E-state index is 8.94. The van der Waals surface area contributed by atoms with E-state index in [0.29, 0.717) is 0 Å². The Morgan fingerprint density at radius 2 is 1.54 bits per heavy atom. The topological polar surface area (TPSA) is 84.9 Å². The van der Waals surface area contributed by atoms with Gasteiger partial charge in [0.25, 0.3) is 0 Å². The van der Waals surface area contributed by atoms with Crippen LogP contribution in [0.2, 0.25) is 0 Å². The van der Waals surface area contributed by atoms with Gasteiger partial charge in [0.1, 0.15) is 0 Å². The average Bonchev–Trinajstić information content (AvgIpc) is 2.17. The average molecular weight is 193 g/mol. The number of hydrogen-bond acceptors (Lipinski definition) is 5. The SMILES string of the molecule is COC(C)(CC(N)(CO)CO)OC. The van der Waals surface area contributed by atoms with Crippen LogP contribution in [-0.2, 0) is 9.47 Å². The molecule has 0 amide bonds. The van der Waals surface area contributed by atoms with Crippen molar-refractivity contribution in [2.45, 2.75) is 24.7 Å². The summed E-state index contributed by atoms with van der Waals surface area (Å²) < 4.78 is 10.1. The largest absolute Gasteiger partial charge is 0.394 e. The Balaban J connectivity index is 4.36. The van der Waals surface area contributed by atoms with Crippen LogP contribution in [0.1, 0.15) is 13.3 Å². The molecule has 0 fully saturated rings.